The van der Waals surface area contributed by atoms with Crippen molar-refractivity contribution in [1.82, 2.24) is 15.3 Å². The van der Waals surface area contributed by atoms with Gasteiger partial charge in [0, 0.05) is 73.7 Å². The van der Waals surface area contributed by atoms with Crippen LogP contribution in [0.1, 0.15) is 78.0 Å². The second-order valence-electron chi connectivity index (χ2n) is 10.8. The highest BCUT2D eigenvalue weighted by molar-refractivity contribution is 5.99. The highest BCUT2D eigenvalue weighted by Crippen LogP contribution is 2.34. The van der Waals surface area contributed by atoms with E-state index in [0.717, 1.165) is 71.9 Å². The van der Waals surface area contributed by atoms with Gasteiger partial charge in [-0.2, -0.15) is 0 Å². The van der Waals surface area contributed by atoms with Gasteiger partial charge in [0.05, 0.1) is 12.3 Å². The van der Waals surface area contributed by atoms with E-state index in [1.54, 1.807) is 7.11 Å². The molecule has 4 rings (SSSR count). The summed E-state index contributed by atoms with van der Waals surface area (Å²) in [6.07, 6.45) is 3.72. The minimum Gasteiger partial charge on any atom is -0.381 e. The van der Waals surface area contributed by atoms with Gasteiger partial charge in [-0.15, -0.1) is 0 Å². The van der Waals surface area contributed by atoms with Crippen LogP contribution in [-0.2, 0) is 22.6 Å². The smallest absolute Gasteiger partial charge is 0.253 e. The number of benzene rings is 1. The summed E-state index contributed by atoms with van der Waals surface area (Å²) in [6, 6.07) is 10.4. The normalized spacial score (nSPS) is 14.0. The Balaban J connectivity index is 1.73. The summed E-state index contributed by atoms with van der Waals surface area (Å²) in [5, 5.41) is 3.05. The number of nitrogens with zero attached hydrogens (tertiary/aromatic N) is 2. The summed E-state index contributed by atoms with van der Waals surface area (Å²) in [5.41, 5.74) is 7.44. The van der Waals surface area contributed by atoms with E-state index < -0.39 is 0 Å². The van der Waals surface area contributed by atoms with E-state index in [-0.39, 0.29) is 23.9 Å². The highest BCUT2D eigenvalue weighted by Gasteiger charge is 2.25. The van der Waals surface area contributed by atoms with Gasteiger partial charge in [-0.25, -0.2) is 0 Å². The molecule has 1 aliphatic heterocycles. The molecule has 0 aliphatic carbocycles. The van der Waals surface area contributed by atoms with Gasteiger partial charge in [0.25, 0.3) is 11.5 Å². The summed E-state index contributed by atoms with van der Waals surface area (Å²) in [4.78, 5) is 36.4. The zero-order chi connectivity index (χ0) is 28.8. The monoisotopic (exact) mass is 546 g/mol. The molecular weight excluding hydrogens is 504 g/mol. The lowest BCUT2D eigenvalue weighted by Gasteiger charge is -2.37. The number of carbonyl (C=O) groups excluding carboxylic acids is 1. The summed E-state index contributed by atoms with van der Waals surface area (Å²) < 4.78 is 10.8. The first-order valence-electron chi connectivity index (χ1n) is 14.2. The van der Waals surface area contributed by atoms with Crippen molar-refractivity contribution in [3.05, 3.63) is 80.5 Å². The maximum absolute atomic E-state index is 13.8. The standard InChI is InChI=1S/C32H42N4O4/c1-7-36(26-10-12-40-13-11-26)30-16-24(23-8-9-25(19-39-6)33-17-23)15-28(22(30)5)31(37)34-18-29-27(20(2)3)14-21(4)35-32(29)38/h8-9,14-17,20,26H,7,10-13,18-19H2,1-6H3,(H,34,37)(H,35,38). The molecule has 0 unspecified atom stereocenters. The van der Waals surface area contributed by atoms with Crippen LogP contribution in [0.15, 0.2) is 41.3 Å². The molecule has 2 N–H and O–H groups in total. The Hall–Kier alpha value is -3.49. The van der Waals surface area contributed by atoms with E-state index in [4.69, 9.17) is 9.47 Å². The van der Waals surface area contributed by atoms with Crippen molar-refractivity contribution in [2.24, 2.45) is 0 Å². The van der Waals surface area contributed by atoms with E-state index in [1.807, 2.05) is 44.3 Å². The number of nitrogens with one attached hydrogen (secondary N) is 2. The maximum Gasteiger partial charge on any atom is 0.253 e. The number of aromatic amines is 1. The van der Waals surface area contributed by atoms with E-state index in [0.29, 0.717) is 23.8 Å². The van der Waals surface area contributed by atoms with Crippen molar-refractivity contribution in [3.8, 4) is 11.1 Å². The fraction of sp³-hybridized carbons (Fsp3) is 0.469. The zero-order valence-electron chi connectivity index (χ0n) is 24.6. The fourth-order valence-electron chi connectivity index (χ4n) is 5.55. The van der Waals surface area contributed by atoms with Crippen LogP contribution in [0.4, 0.5) is 5.69 Å². The van der Waals surface area contributed by atoms with Crippen LogP contribution in [0.5, 0.6) is 0 Å². The number of H-pyrrole nitrogens is 1. The molecule has 0 radical (unpaired) electrons. The number of hydrogen-bond donors (Lipinski definition) is 2. The third kappa shape index (κ3) is 6.62. The van der Waals surface area contributed by atoms with Crippen molar-refractivity contribution < 1.29 is 14.3 Å². The molecule has 0 saturated carbocycles. The van der Waals surface area contributed by atoms with Gasteiger partial charge in [-0.3, -0.25) is 14.6 Å². The second kappa shape index (κ2) is 13.2. The van der Waals surface area contributed by atoms with E-state index in [1.165, 1.54) is 0 Å². The van der Waals surface area contributed by atoms with Crippen LogP contribution >= 0.6 is 0 Å². The van der Waals surface area contributed by atoms with Crippen LogP contribution in [-0.4, -0.2) is 48.8 Å². The van der Waals surface area contributed by atoms with Gasteiger partial charge in [0.1, 0.15) is 0 Å². The van der Waals surface area contributed by atoms with Gasteiger partial charge in [0.15, 0.2) is 0 Å². The molecule has 214 valence electrons. The van der Waals surface area contributed by atoms with Crippen molar-refractivity contribution in [2.75, 3.05) is 31.8 Å². The van der Waals surface area contributed by atoms with Gasteiger partial charge in [0.2, 0.25) is 0 Å². The third-order valence-corrected chi connectivity index (χ3v) is 7.71. The van der Waals surface area contributed by atoms with Gasteiger partial charge < -0.3 is 24.7 Å². The maximum atomic E-state index is 13.8. The summed E-state index contributed by atoms with van der Waals surface area (Å²) in [6.45, 7) is 13.0. The molecule has 3 aromatic rings. The fourth-order valence-corrected chi connectivity index (χ4v) is 5.55. The SMILES string of the molecule is CCN(c1cc(-c2ccc(COC)nc2)cc(C(=O)NCc2c(C(C)C)cc(C)[nH]c2=O)c1C)C1CCOCC1. The van der Waals surface area contributed by atoms with Crippen LogP contribution in [0.3, 0.4) is 0 Å². The number of carbonyl (C=O) groups is 1. The van der Waals surface area contributed by atoms with Gasteiger partial charge >= 0.3 is 0 Å². The molecule has 1 amide bonds. The Bertz CT molecular complexity index is 1370. The Kier molecular flexibility index (Phi) is 9.76. The van der Waals surface area contributed by atoms with Crippen LogP contribution < -0.4 is 15.8 Å². The Morgan fingerprint density at radius 2 is 1.93 bits per heavy atom. The van der Waals surface area contributed by atoms with Crippen molar-refractivity contribution in [1.29, 1.82) is 0 Å². The van der Waals surface area contributed by atoms with Crippen LogP contribution in [0, 0.1) is 13.8 Å². The van der Waals surface area contributed by atoms with Crippen LogP contribution in [0.2, 0.25) is 0 Å². The lowest BCUT2D eigenvalue weighted by molar-refractivity contribution is 0.0846. The molecular formula is C32H42N4O4. The number of anilines is 1. The summed E-state index contributed by atoms with van der Waals surface area (Å²) in [7, 11) is 1.65. The van der Waals surface area contributed by atoms with E-state index in [2.05, 4.69) is 47.0 Å². The molecule has 40 heavy (non-hydrogen) atoms. The minimum absolute atomic E-state index is 0.158. The van der Waals surface area contributed by atoms with Crippen molar-refractivity contribution in [2.45, 2.75) is 72.6 Å². The number of aromatic nitrogens is 2. The molecule has 8 nitrogen and oxygen atoms in total. The highest BCUT2D eigenvalue weighted by atomic mass is 16.5. The molecule has 1 aromatic carbocycles. The molecule has 2 aromatic heterocycles. The lowest BCUT2D eigenvalue weighted by Crippen LogP contribution is -2.40. The predicted octanol–water partition coefficient (Wildman–Crippen LogP) is 5.26. The van der Waals surface area contributed by atoms with E-state index in [9.17, 15) is 9.59 Å². The molecule has 1 fully saturated rings. The minimum atomic E-state index is -0.206. The van der Waals surface area contributed by atoms with Crippen LogP contribution in [0.25, 0.3) is 11.1 Å². The Morgan fingerprint density at radius 1 is 1.18 bits per heavy atom. The zero-order valence-corrected chi connectivity index (χ0v) is 24.6. The average molecular weight is 547 g/mol. The topological polar surface area (TPSA) is 96.5 Å². The molecule has 0 atom stereocenters. The number of methoxy groups -OCH3 is 1. The molecule has 8 heteroatoms. The lowest BCUT2D eigenvalue weighted by atomic mass is 9.95. The number of aryl methyl sites for hydroxylation is 1. The first-order valence-corrected chi connectivity index (χ1v) is 14.2. The third-order valence-electron chi connectivity index (χ3n) is 7.71. The first-order chi connectivity index (χ1) is 19.2. The molecule has 1 saturated heterocycles. The number of rotatable bonds is 10. The van der Waals surface area contributed by atoms with E-state index >= 15 is 0 Å². The molecule has 1 aliphatic rings. The number of hydrogen-bond acceptors (Lipinski definition) is 6. The quantitative estimate of drug-likeness (QED) is 0.360. The van der Waals surface area contributed by atoms with Gasteiger partial charge in [-0.05, 0) is 80.5 Å². The summed E-state index contributed by atoms with van der Waals surface area (Å²) in [5.74, 6) is -0.0435. The second-order valence-corrected chi connectivity index (χ2v) is 10.8. The first kappa shape index (κ1) is 29.5. The summed E-state index contributed by atoms with van der Waals surface area (Å²) >= 11 is 0. The average Bonchev–Trinajstić information content (AvgIpc) is 2.94. The number of ether oxygens (including phenoxy) is 2. The Labute approximate surface area is 237 Å². The van der Waals surface area contributed by atoms with Gasteiger partial charge in [-0.1, -0.05) is 19.9 Å². The van der Waals surface area contributed by atoms with Crippen molar-refractivity contribution >= 4 is 11.6 Å². The predicted molar refractivity (Wildman–Crippen MR) is 159 cm³/mol. The number of pyridine rings is 2. The molecule has 0 bridgehead atoms. The largest absolute Gasteiger partial charge is 0.381 e. The number of amides is 1. The molecule has 0 spiro atoms. The Morgan fingerprint density at radius 3 is 2.55 bits per heavy atom. The van der Waals surface area contributed by atoms with Crippen molar-refractivity contribution in [3.63, 3.8) is 0 Å². The molecule has 3 heterocycles.